The van der Waals surface area contributed by atoms with Gasteiger partial charge >= 0.3 is 0 Å². The topological polar surface area (TPSA) is 138 Å². The summed E-state index contributed by atoms with van der Waals surface area (Å²) in [5.74, 6) is 1.10. The molecule has 2 heterocycles. The van der Waals surface area contributed by atoms with Crippen molar-refractivity contribution < 1.29 is 14.4 Å². The van der Waals surface area contributed by atoms with Gasteiger partial charge in [0.1, 0.15) is 17.7 Å². The summed E-state index contributed by atoms with van der Waals surface area (Å²) < 4.78 is 0. The van der Waals surface area contributed by atoms with Gasteiger partial charge in [0.25, 0.3) is 11.8 Å². The Morgan fingerprint density at radius 3 is 2.09 bits per heavy atom. The summed E-state index contributed by atoms with van der Waals surface area (Å²) in [6.07, 6.45) is 3.41. The van der Waals surface area contributed by atoms with Gasteiger partial charge in [-0.25, -0.2) is 0 Å². The van der Waals surface area contributed by atoms with Gasteiger partial charge in [0.05, 0.1) is 18.0 Å². The molecule has 5 rings (SSSR count). The van der Waals surface area contributed by atoms with Crippen molar-refractivity contribution in [3.8, 4) is 6.07 Å². The SMILES string of the molecule is Cc1nnc(C2(CCNCC(=O)N3CCCC3C#N)c3ccc(C(=O)N(C)C)cc3CCc3cc(C(=O)N(C)C)ccc32)[nH]1. The minimum Gasteiger partial charge on any atom is -0.345 e. The van der Waals surface area contributed by atoms with E-state index in [0.29, 0.717) is 61.5 Å². The van der Waals surface area contributed by atoms with Gasteiger partial charge in [-0.05, 0) is 92.1 Å². The summed E-state index contributed by atoms with van der Waals surface area (Å²) in [7, 11) is 6.96. The molecule has 2 N–H and O–H groups in total. The van der Waals surface area contributed by atoms with Crippen LogP contribution in [0.4, 0.5) is 0 Å². The van der Waals surface area contributed by atoms with E-state index in [-0.39, 0.29) is 30.3 Å². The van der Waals surface area contributed by atoms with E-state index in [4.69, 9.17) is 0 Å². The highest BCUT2D eigenvalue weighted by Crippen LogP contribution is 2.46. The quantitative estimate of drug-likeness (QED) is 0.381. The maximum atomic E-state index is 13.0. The van der Waals surface area contributed by atoms with Crippen molar-refractivity contribution in [1.29, 1.82) is 5.26 Å². The third-order valence-electron chi connectivity index (χ3n) is 8.78. The van der Waals surface area contributed by atoms with Crippen LogP contribution in [-0.4, -0.2) is 101 Å². The number of benzene rings is 2. The maximum Gasteiger partial charge on any atom is 0.253 e. The average molecular weight is 597 g/mol. The van der Waals surface area contributed by atoms with E-state index < -0.39 is 5.41 Å². The molecule has 11 heteroatoms. The molecule has 0 radical (unpaired) electrons. The van der Waals surface area contributed by atoms with Gasteiger partial charge in [-0.2, -0.15) is 5.26 Å². The van der Waals surface area contributed by atoms with E-state index in [9.17, 15) is 19.6 Å². The third-order valence-corrected chi connectivity index (χ3v) is 8.78. The number of aryl methyl sites for hydroxylation is 3. The number of carbonyl (C=O) groups is 3. The molecule has 11 nitrogen and oxygen atoms in total. The fourth-order valence-electron chi connectivity index (χ4n) is 6.58. The zero-order valence-corrected chi connectivity index (χ0v) is 26.1. The van der Waals surface area contributed by atoms with Crippen molar-refractivity contribution in [3.05, 3.63) is 81.4 Å². The maximum absolute atomic E-state index is 13.0. The molecule has 1 aliphatic heterocycles. The zero-order chi connectivity index (χ0) is 31.6. The van der Waals surface area contributed by atoms with Crippen LogP contribution in [0, 0.1) is 18.3 Å². The third kappa shape index (κ3) is 5.69. The normalized spacial score (nSPS) is 16.8. The Labute approximate surface area is 258 Å². The number of nitrogens with one attached hydrogen (secondary N) is 2. The molecule has 0 spiro atoms. The summed E-state index contributed by atoms with van der Waals surface area (Å²) in [6, 6.07) is 13.6. The summed E-state index contributed by atoms with van der Waals surface area (Å²) in [5, 5.41) is 21.7. The molecule has 1 saturated heterocycles. The second-order valence-corrected chi connectivity index (χ2v) is 12.1. The molecule has 2 aromatic carbocycles. The van der Waals surface area contributed by atoms with Crippen molar-refractivity contribution in [2.75, 3.05) is 47.8 Å². The van der Waals surface area contributed by atoms with Crippen LogP contribution in [-0.2, 0) is 23.1 Å². The fourth-order valence-corrected chi connectivity index (χ4v) is 6.58. The van der Waals surface area contributed by atoms with Crippen LogP contribution in [0.2, 0.25) is 0 Å². The highest BCUT2D eigenvalue weighted by molar-refractivity contribution is 5.95. The van der Waals surface area contributed by atoms with Crippen LogP contribution in [0.15, 0.2) is 36.4 Å². The molecule has 1 aliphatic carbocycles. The van der Waals surface area contributed by atoms with Gasteiger partial charge in [-0.15, -0.1) is 10.2 Å². The smallest absolute Gasteiger partial charge is 0.253 e. The van der Waals surface area contributed by atoms with Crippen molar-refractivity contribution >= 4 is 17.7 Å². The Bertz CT molecular complexity index is 1550. The molecule has 0 saturated carbocycles. The van der Waals surface area contributed by atoms with Gasteiger partial charge in [0.15, 0.2) is 0 Å². The zero-order valence-electron chi connectivity index (χ0n) is 26.1. The molecule has 1 atom stereocenters. The van der Waals surface area contributed by atoms with Crippen LogP contribution in [0.1, 0.15) is 73.9 Å². The van der Waals surface area contributed by atoms with Gasteiger partial charge in [0.2, 0.25) is 5.91 Å². The Hall–Kier alpha value is -4.56. The molecule has 1 fully saturated rings. The number of nitriles is 1. The lowest BCUT2D eigenvalue weighted by Crippen LogP contribution is -2.42. The Morgan fingerprint density at radius 2 is 1.59 bits per heavy atom. The van der Waals surface area contributed by atoms with Crippen LogP contribution in [0.5, 0.6) is 0 Å². The summed E-state index contributed by atoms with van der Waals surface area (Å²) >= 11 is 0. The second kappa shape index (κ2) is 12.6. The summed E-state index contributed by atoms with van der Waals surface area (Å²) in [6.45, 7) is 3.05. The monoisotopic (exact) mass is 596 g/mol. The number of amides is 3. The molecule has 3 amide bonds. The predicted molar refractivity (Wildman–Crippen MR) is 165 cm³/mol. The fraction of sp³-hybridized carbons (Fsp3) is 0.455. The van der Waals surface area contributed by atoms with Gasteiger partial charge in [-0.3, -0.25) is 14.4 Å². The number of carbonyl (C=O) groups excluding carboxylic acids is 3. The van der Waals surface area contributed by atoms with Gasteiger partial charge < -0.3 is 25.0 Å². The lowest BCUT2D eigenvalue weighted by atomic mass is 9.69. The number of hydrogen-bond donors (Lipinski definition) is 2. The number of fused-ring (bicyclic) bond motifs is 2. The first-order valence-corrected chi connectivity index (χ1v) is 15.1. The van der Waals surface area contributed by atoms with E-state index in [1.54, 1.807) is 42.9 Å². The molecule has 0 bridgehead atoms. The number of hydrogen-bond acceptors (Lipinski definition) is 7. The van der Waals surface area contributed by atoms with Crippen LogP contribution >= 0.6 is 0 Å². The minimum absolute atomic E-state index is 0.0766. The Kier molecular flexibility index (Phi) is 8.83. The van der Waals surface area contributed by atoms with Crippen molar-refractivity contribution in [3.63, 3.8) is 0 Å². The first-order valence-electron chi connectivity index (χ1n) is 15.1. The molecular formula is C33H40N8O3. The summed E-state index contributed by atoms with van der Waals surface area (Å²) in [5.41, 5.74) is 4.46. The highest BCUT2D eigenvalue weighted by Gasteiger charge is 2.44. The molecule has 1 aromatic heterocycles. The van der Waals surface area contributed by atoms with Crippen molar-refractivity contribution in [1.82, 2.24) is 35.2 Å². The van der Waals surface area contributed by atoms with E-state index in [0.717, 1.165) is 28.7 Å². The first kappa shape index (κ1) is 30.9. The number of aromatic nitrogens is 3. The van der Waals surface area contributed by atoms with Crippen LogP contribution in [0.3, 0.4) is 0 Å². The van der Waals surface area contributed by atoms with Crippen molar-refractivity contribution in [2.45, 2.75) is 50.5 Å². The lowest BCUT2D eigenvalue weighted by molar-refractivity contribution is -0.130. The van der Waals surface area contributed by atoms with Gasteiger partial charge in [-0.1, -0.05) is 12.1 Å². The number of aromatic amines is 1. The van der Waals surface area contributed by atoms with Crippen molar-refractivity contribution in [2.24, 2.45) is 0 Å². The molecule has 2 aliphatic rings. The number of nitrogens with zero attached hydrogens (tertiary/aromatic N) is 6. The largest absolute Gasteiger partial charge is 0.345 e. The molecule has 44 heavy (non-hydrogen) atoms. The highest BCUT2D eigenvalue weighted by atomic mass is 16.2. The number of likely N-dealkylation sites (tertiary alicyclic amines) is 1. The van der Waals surface area contributed by atoms with E-state index >= 15 is 0 Å². The molecule has 230 valence electrons. The first-order chi connectivity index (χ1) is 21.1. The number of H-pyrrole nitrogens is 1. The molecular weight excluding hydrogens is 556 g/mol. The van der Waals surface area contributed by atoms with Crippen LogP contribution < -0.4 is 5.32 Å². The Balaban J connectivity index is 1.59. The summed E-state index contributed by atoms with van der Waals surface area (Å²) in [4.78, 5) is 47.1. The van der Waals surface area contributed by atoms with Crippen LogP contribution in [0.25, 0.3) is 0 Å². The molecule has 3 aromatic rings. The Morgan fingerprint density at radius 1 is 1.00 bits per heavy atom. The standard InChI is InChI=1S/C33H40N8O3/c1-21-36-32(38-37-21)33(14-15-35-20-29(42)41-16-6-7-26(41)19-34)27-12-10-24(30(43)39(2)3)17-22(27)8-9-23-18-25(11-13-28(23)33)31(44)40(4)5/h10-13,17-18,26,35H,6-9,14-16,20H2,1-5H3,(H,36,37,38). The second-order valence-electron chi connectivity index (χ2n) is 12.1. The van der Waals surface area contributed by atoms with E-state index in [1.807, 2.05) is 43.3 Å². The molecule has 1 unspecified atom stereocenters. The lowest BCUT2D eigenvalue weighted by Gasteiger charge is -2.35. The predicted octanol–water partition coefficient (Wildman–Crippen LogP) is 2.44. The van der Waals surface area contributed by atoms with Gasteiger partial charge in [0, 0.05) is 45.9 Å². The van der Waals surface area contributed by atoms with E-state index in [1.165, 1.54) is 0 Å². The minimum atomic E-state index is -0.805. The average Bonchev–Trinajstić information content (AvgIpc) is 3.66. The number of rotatable bonds is 8. The van der Waals surface area contributed by atoms with E-state index in [2.05, 4.69) is 26.6 Å².